The minimum absolute atomic E-state index is 0.180. The fourth-order valence-corrected chi connectivity index (χ4v) is 4.09. The highest BCUT2D eigenvalue weighted by Crippen LogP contribution is 2.44. The van der Waals surface area contributed by atoms with Crippen molar-refractivity contribution in [2.75, 3.05) is 4.90 Å². The van der Waals surface area contributed by atoms with E-state index in [1.807, 2.05) is 6.07 Å². The number of benzene rings is 2. The molecule has 1 aliphatic heterocycles. The summed E-state index contributed by atoms with van der Waals surface area (Å²) in [5.41, 5.74) is 0.757. The monoisotopic (exact) mass is 363 g/mol. The molecule has 0 N–H and O–H groups in total. The van der Waals surface area contributed by atoms with Gasteiger partial charge in [-0.25, -0.2) is 9.69 Å². The van der Waals surface area contributed by atoms with Gasteiger partial charge in [-0.2, -0.15) is 0 Å². The van der Waals surface area contributed by atoms with E-state index in [0.29, 0.717) is 17.2 Å². The molecule has 2 aromatic carbocycles. The number of imide groups is 1. The number of para-hydroxylation sites is 2. The molecule has 4 rings (SSSR count). The molecular weight excluding hydrogens is 342 g/mol. The second-order valence-corrected chi connectivity index (χ2v) is 7.37. The second kappa shape index (κ2) is 6.99. The summed E-state index contributed by atoms with van der Waals surface area (Å²) in [5.74, 6) is -0.743. The Kier molecular flexibility index (Phi) is 4.52. The van der Waals surface area contributed by atoms with Gasteiger partial charge >= 0.3 is 5.97 Å². The molecule has 0 aromatic heterocycles. The van der Waals surface area contributed by atoms with Crippen LogP contribution in [0, 0.1) is 17.8 Å². The number of hydrogen-bond donors (Lipinski definition) is 0. The lowest BCUT2D eigenvalue weighted by molar-refractivity contribution is -0.122. The number of anilines is 1. The predicted molar refractivity (Wildman–Crippen MR) is 100 cm³/mol. The minimum atomic E-state index is -0.520. The highest BCUT2D eigenvalue weighted by molar-refractivity contribution is 6.22. The van der Waals surface area contributed by atoms with Crippen LogP contribution in [0.1, 0.15) is 36.5 Å². The van der Waals surface area contributed by atoms with Crippen LogP contribution >= 0.6 is 0 Å². The summed E-state index contributed by atoms with van der Waals surface area (Å²) >= 11 is 0. The molecule has 3 atom stereocenters. The molecular formula is C22H21NO4. The van der Waals surface area contributed by atoms with E-state index in [0.717, 1.165) is 19.3 Å². The van der Waals surface area contributed by atoms with Gasteiger partial charge in [0.25, 0.3) is 0 Å². The van der Waals surface area contributed by atoms with Crippen molar-refractivity contribution in [2.45, 2.75) is 26.2 Å². The summed E-state index contributed by atoms with van der Waals surface area (Å²) in [6.45, 7) is 2.12. The molecule has 2 fully saturated rings. The van der Waals surface area contributed by atoms with E-state index in [4.69, 9.17) is 4.74 Å². The van der Waals surface area contributed by atoms with E-state index in [1.54, 1.807) is 48.5 Å². The zero-order valence-electron chi connectivity index (χ0n) is 15.1. The van der Waals surface area contributed by atoms with E-state index in [2.05, 4.69) is 6.92 Å². The van der Waals surface area contributed by atoms with Gasteiger partial charge in [0.15, 0.2) is 5.75 Å². The number of rotatable bonds is 3. The van der Waals surface area contributed by atoms with Crippen molar-refractivity contribution in [3.8, 4) is 5.75 Å². The zero-order valence-corrected chi connectivity index (χ0v) is 15.1. The molecule has 5 nitrogen and oxygen atoms in total. The molecule has 1 heterocycles. The summed E-state index contributed by atoms with van der Waals surface area (Å²) in [4.78, 5) is 39.5. The van der Waals surface area contributed by atoms with Crippen LogP contribution in [0.25, 0.3) is 0 Å². The summed E-state index contributed by atoms with van der Waals surface area (Å²) in [6, 6.07) is 15.4. The Morgan fingerprint density at radius 1 is 0.926 bits per heavy atom. The van der Waals surface area contributed by atoms with Crippen molar-refractivity contribution in [3.63, 3.8) is 0 Å². The highest BCUT2D eigenvalue weighted by Gasteiger charge is 2.50. The Morgan fingerprint density at radius 2 is 1.59 bits per heavy atom. The molecule has 0 spiro atoms. The topological polar surface area (TPSA) is 63.7 Å². The van der Waals surface area contributed by atoms with E-state index < -0.39 is 5.97 Å². The van der Waals surface area contributed by atoms with Crippen LogP contribution in [0.3, 0.4) is 0 Å². The van der Waals surface area contributed by atoms with Crippen molar-refractivity contribution in [1.29, 1.82) is 0 Å². The molecule has 0 radical (unpaired) electrons. The number of carbonyl (C=O) groups excluding carboxylic acids is 3. The van der Waals surface area contributed by atoms with Crippen molar-refractivity contribution in [3.05, 3.63) is 60.2 Å². The third-order valence-electron chi connectivity index (χ3n) is 5.51. The molecule has 0 bridgehead atoms. The first-order valence-electron chi connectivity index (χ1n) is 9.30. The van der Waals surface area contributed by atoms with Gasteiger partial charge in [0, 0.05) is 0 Å². The van der Waals surface area contributed by atoms with Crippen LogP contribution in [-0.4, -0.2) is 17.8 Å². The standard InChI is InChI=1S/C22H21NO4/c1-14-11-12-16-17(13-14)21(25)23(20(16)24)18-9-5-6-10-19(18)27-22(26)15-7-3-2-4-8-15/h2-10,14,16-17H,11-13H2,1H3/t14-,16-,17+/m1/s1. The van der Waals surface area contributed by atoms with Crippen molar-refractivity contribution < 1.29 is 19.1 Å². The summed E-state index contributed by atoms with van der Waals surface area (Å²) < 4.78 is 5.53. The number of fused-ring (bicyclic) bond motifs is 1. The van der Waals surface area contributed by atoms with Gasteiger partial charge in [-0.3, -0.25) is 9.59 Å². The lowest BCUT2D eigenvalue weighted by atomic mass is 9.76. The van der Waals surface area contributed by atoms with Gasteiger partial charge in [0.1, 0.15) is 0 Å². The van der Waals surface area contributed by atoms with E-state index in [-0.39, 0.29) is 29.4 Å². The molecule has 2 aromatic rings. The van der Waals surface area contributed by atoms with Gasteiger partial charge < -0.3 is 4.74 Å². The van der Waals surface area contributed by atoms with Crippen molar-refractivity contribution >= 4 is 23.5 Å². The van der Waals surface area contributed by atoms with Crippen molar-refractivity contribution in [1.82, 2.24) is 0 Å². The molecule has 2 aliphatic rings. The number of nitrogens with zero attached hydrogens (tertiary/aromatic N) is 1. The number of ether oxygens (including phenoxy) is 1. The minimum Gasteiger partial charge on any atom is -0.421 e. The Balaban J connectivity index is 1.64. The first-order chi connectivity index (χ1) is 13.1. The first-order valence-corrected chi connectivity index (χ1v) is 9.30. The number of amides is 2. The van der Waals surface area contributed by atoms with Crippen LogP contribution in [0.4, 0.5) is 5.69 Å². The van der Waals surface area contributed by atoms with Crippen LogP contribution in [0.15, 0.2) is 54.6 Å². The molecule has 1 saturated heterocycles. The van der Waals surface area contributed by atoms with E-state index >= 15 is 0 Å². The fourth-order valence-electron chi connectivity index (χ4n) is 4.09. The molecule has 0 unspecified atom stereocenters. The average molecular weight is 363 g/mol. The summed E-state index contributed by atoms with van der Waals surface area (Å²) in [7, 11) is 0. The van der Waals surface area contributed by atoms with Crippen LogP contribution < -0.4 is 9.64 Å². The third kappa shape index (κ3) is 3.14. The Labute approximate surface area is 157 Å². The van der Waals surface area contributed by atoms with Gasteiger partial charge in [-0.15, -0.1) is 0 Å². The Hall–Kier alpha value is -2.95. The Bertz CT molecular complexity index is 892. The number of hydrogen-bond acceptors (Lipinski definition) is 4. The highest BCUT2D eigenvalue weighted by atomic mass is 16.5. The molecule has 138 valence electrons. The van der Waals surface area contributed by atoms with E-state index in [9.17, 15) is 14.4 Å². The number of carbonyl (C=O) groups is 3. The lowest BCUT2D eigenvalue weighted by Gasteiger charge is -2.25. The molecule has 27 heavy (non-hydrogen) atoms. The smallest absolute Gasteiger partial charge is 0.343 e. The molecule has 1 aliphatic carbocycles. The number of esters is 1. The van der Waals surface area contributed by atoms with Gasteiger partial charge in [0.2, 0.25) is 11.8 Å². The van der Waals surface area contributed by atoms with Crippen LogP contribution in [0.5, 0.6) is 5.75 Å². The normalized spacial score (nSPS) is 24.6. The maximum absolute atomic E-state index is 13.0. The average Bonchev–Trinajstić information content (AvgIpc) is 2.93. The fraction of sp³-hybridized carbons (Fsp3) is 0.318. The van der Waals surface area contributed by atoms with Crippen molar-refractivity contribution in [2.24, 2.45) is 17.8 Å². The molecule has 2 amide bonds. The van der Waals surface area contributed by atoms with Gasteiger partial charge in [-0.1, -0.05) is 37.3 Å². The Morgan fingerprint density at radius 3 is 2.37 bits per heavy atom. The van der Waals surface area contributed by atoms with E-state index in [1.165, 1.54) is 4.90 Å². The SMILES string of the molecule is C[C@@H]1CC[C@H]2C(=O)N(c3ccccc3OC(=O)c3ccccc3)C(=O)[C@H]2C1. The van der Waals surface area contributed by atoms with Gasteiger partial charge in [0.05, 0.1) is 23.1 Å². The lowest BCUT2D eigenvalue weighted by Crippen LogP contribution is -2.31. The van der Waals surface area contributed by atoms with Gasteiger partial charge in [-0.05, 0) is 49.4 Å². The summed E-state index contributed by atoms with van der Waals surface area (Å²) in [5, 5.41) is 0. The maximum Gasteiger partial charge on any atom is 0.343 e. The first kappa shape index (κ1) is 17.5. The zero-order chi connectivity index (χ0) is 19.0. The largest absolute Gasteiger partial charge is 0.421 e. The molecule has 1 saturated carbocycles. The quantitative estimate of drug-likeness (QED) is 0.472. The molecule has 5 heteroatoms. The third-order valence-corrected chi connectivity index (χ3v) is 5.51. The maximum atomic E-state index is 13.0. The van der Waals surface area contributed by atoms with Crippen LogP contribution in [-0.2, 0) is 9.59 Å². The second-order valence-electron chi connectivity index (χ2n) is 7.37. The predicted octanol–water partition coefficient (Wildman–Crippen LogP) is 3.83. The van der Waals surface area contributed by atoms with Crippen LogP contribution in [0.2, 0.25) is 0 Å². The summed E-state index contributed by atoms with van der Waals surface area (Å²) in [6.07, 6.45) is 2.43.